The number of benzene rings is 1. The van der Waals surface area contributed by atoms with E-state index in [-0.39, 0.29) is 5.97 Å². The first-order chi connectivity index (χ1) is 10.2. The highest BCUT2D eigenvalue weighted by atomic mass is 32.2. The summed E-state index contributed by atoms with van der Waals surface area (Å²) in [6.07, 6.45) is 7.82. The van der Waals surface area contributed by atoms with Crippen molar-refractivity contribution in [1.82, 2.24) is 0 Å². The van der Waals surface area contributed by atoms with Gasteiger partial charge in [0.15, 0.2) is 0 Å². The minimum absolute atomic E-state index is 0.0665. The van der Waals surface area contributed by atoms with Crippen molar-refractivity contribution < 1.29 is 9.53 Å². The second-order valence-corrected chi connectivity index (χ2v) is 6.57. The van der Waals surface area contributed by atoms with Crippen LogP contribution in [0, 0.1) is 6.92 Å². The van der Waals surface area contributed by atoms with Gasteiger partial charge in [0.1, 0.15) is 0 Å². The average Bonchev–Trinajstić information content (AvgIpc) is 2.48. The molecule has 0 fully saturated rings. The fourth-order valence-electron chi connectivity index (χ4n) is 2.03. The lowest BCUT2D eigenvalue weighted by Crippen LogP contribution is -2.06. The van der Waals surface area contributed by atoms with E-state index < -0.39 is 0 Å². The van der Waals surface area contributed by atoms with Gasteiger partial charge in [-0.05, 0) is 25.5 Å². The molecule has 1 aromatic rings. The van der Waals surface area contributed by atoms with E-state index in [2.05, 4.69) is 38.1 Å². The standard InChI is InChI=1S/C18H28O2S/c1-3-4-5-6-7-8-14-20-18(19)13-15-21-17-11-9-16(2)10-12-17/h9-12H,3-8,13-15H2,1-2H3. The Kier molecular flexibility index (Phi) is 10.1. The molecule has 0 N–H and O–H groups in total. The van der Waals surface area contributed by atoms with Crippen LogP contribution in [0.5, 0.6) is 0 Å². The van der Waals surface area contributed by atoms with Gasteiger partial charge in [-0.15, -0.1) is 11.8 Å². The topological polar surface area (TPSA) is 26.3 Å². The van der Waals surface area contributed by atoms with Gasteiger partial charge in [0.2, 0.25) is 0 Å². The molecule has 0 aliphatic carbocycles. The average molecular weight is 308 g/mol. The van der Waals surface area contributed by atoms with Gasteiger partial charge in [-0.1, -0.05) is 56.7 Å². The summed E-state index contributed by atoms with van der Waals surface area (Å²) in [5, 5.41) is 0. The van der Waals surface area contributed by atoms with Crippen molar-refractivity contribution in [2.45, 2.75) is 63.7 Å². The normalized spacial score (nSPS) is 10.6. The van der Waals surface area contributed by atoms with Crippen LogP contribution in [0.1, 0.15) is 57.4 Å². The summed E-state index contributed by atoms with van der Waals surface area (Å²) in [6.45, 7) is 4.88. The number of hydrogen-bond acceptors (Lipinski definition) is 3. The summed E-state index contributed by atoms with van der Waals surface area (Å²) < 4.78 is 5.25. The first-order valence-corrected chi connectivity index (χ1v) is 9.06. The van der Waals surface area contributed by atoms with Crippen LogP contribution in [0.2, 0.25) is 0 Å². The molecular formula is C18H28O2S. The van der Waals surface area contributed by atoms with Crippen molar-refractivity contribution in [2.75, 3.05) is 12.4 Å². The molecule has 2 nitrogen and oxygen atoms in total. The molecule has 0 unspecified atom stereocenters. The zero-order chi connectivity index (χ0) is 15.3. The Balaban J connectivity index is 1.97. The van der Waals surface area contributed by atoms with Gasteiger partial charge in [-0.2, -0.15) is 0 Å². The fraction of sp³-hybridized carbons (Fsp3) is 0.611. The molecule has 0 aliphatic heterocycles. The maximum absolute atomic E-state index is 11.6. The summed E-state index contributed by atoms with van der Waals surface area (Å²) in [7, 11) is 0. The van der Waals surface area contributed by atoms with E-state index >= 15 is 0 Å². The third-order valence-corrected chi connectivity index (χ3v) is 4.37. The molecule has 0 saturated carbocycles. The SMILES string of the molecule is CCCCCCCCOC(=O)CCSc1ccc(C)cc1. The highest BCUT2D eigenvalue weighted by Gasteiger charge is 2.03. The third kappa shape index (κ3) is 9.57. The second-order valence-electron chi connectivity index (χ2n) is 5.40. The van der Waals surface area contributed by atoms with Crippen molar-refractivity contribution in [3.63, 3.8) is 0 Å². The number of ether oxygens (including phenoxy) is 1. The number of rotatable bonds is 11. The van der Waals surface area contributed by atoms with Crippen molar-refractivity contribution in [1.29, 1.82) is 0 Å². The lowest BCUT2D eigenvalue weighted by Gasteiger charge is -2.05. The van der Waals surface area contributed by atoms with E-state index in [1.165, 1.54) is 42.6 Å². The van der Waals surface area contributed by atoms with Crippen molar-refractivity contribution in [2.24, 2.45) is 0 Å². The van der Waals surface area contributed by atoms with E-state index in [0.29, 0.717) is 13.0 Å². The van der Waals surface area contributed by atoms with Crippen LogP contribution < -0.4 is 0 Å². The quantitative estimate of drug-likeness (QED) is 0.312. The van der Waals surface area contributed by atoms with Crippen molar-refractivity contribution >= 4 is 17.7 Å². The van der Waals surface area contributed by atoms with Gasteiger partial charge in [0.05, 0.1) is 13.0 Å². The molecule has 0 atom stereocenters. The number of carbonyl (C=O) groups is 1. The van der Waals surface area contributed by atoms with Gasteiger partial charge in [0.25, 0.3) is 0 Å². The van der Waals surface area contributed by atoms with Crippen LogP contribution in [0.15, 0.2) is 29.2 Å². The molecule has 118 valence electrons. The monoisotopic (exact) mass is 308 g/mol. The Hall–Kier alpha value is -0.960. The zero-order valence-corrected chi connectivity index (χ0v) is 14.2. The third-order valence-electron chi connectivity index (χ3n) is 3.36. The predicted octanol–water partition coefficient (Wildman–Crippen LogP) is 5.38. The van der Waals surface area contributed by atoms with Crippen LogP contribution in [0.4, 0.5) is 0 Å². The molecule has 1 aromatic carbocycles. The smallest absolute Gasteiger partial charge is 0.306 e. The van der Waals surface area contributed by atoms with E-state index in [4.69, 9.17) is 4.74 Å². The summed E-state index contributed by atoms with van der Waals surface area (Å²) in [5.74, 6) is 0.724. The fourth-order valence-corrected chi connectivity index (χ4v) is 2.86. The molecule has 0 aliphatic rings. The Bertz CT molecular complexity index is 387. The van der Waals surface area contributed by atoms with Gasteiger partial charge < -0.3 is 4.74 Å². The Morgan fingerprint density at radius 1 is 1.05 bits per heavy atom. The van der Waals surface area contributed by atoms with Crippen LogP contribution in [-0.4, -0.2) is 18.3 Å². The number of unbranched alkanes of at least 4 members (excludes halogenated alkanes) is 5. The van der Waals surface area contributed by atoms with E-state index in [1.54, 1.807) is 11.8 Å². The lowest BCUT2D eigenvalue weighted by molar-refractivity contribution is -0.143. The van der Waals surface area contributed by atoms with E-state index in [1.807, 2.05) is 0 Å². The maximum Gasteiger partial charge on any atom is 0.306 e. The lowest BCUT2D eigenvalue weighted by atomic mass is 10.1. The van der Waals surface area contributed by atoms with Crippen LogP contribution in [-0.2, 0) is 9.53 Å². The van der Waals surface area contributed by atoms with Gasteiger partial charge in [-0.3, -0.25) is 4.79 Å². The predicted molar refractivity (Wildman–Crippen MR) is 90.9 cm³/mol. The van der Waals surface area contributed by atoms with E-state index in [9.17, 15) is 4.79 Å². The summed E-state index contributed by atoms with van der Waals surface area (Å²) in [4.78, 5) is 12.8. The zero-order valence-electron chi connectivity index (χ0n) is 13.4. The molecule has 3 heteroatoms. The van der Waals surface area contributed by atoms with Crippen molar-refractivity contribution in [3.8, 4) is 0 Å². The van der Waals surface area contributed by atoms with Gasteiger partial charge in [-0.25, -0.2) is 0 Å². The van der Waals surface area contributed by atoms with E-state index in [0.717, 1.165) is 12.2 Å². The highest BCUT2D eigenvalue weighted by Crippen LogP contribution is 2.19. The Labute approximate surface area is 133 Å². The highest BCUT2D eigenvalue weighted by molar-refractivity contribution is 7.99. The first kappa shape index (κ1) is 18.1. The van der Waals surface area contributed by atoms with Crippen LogP contribution in [0.25, 0.3) is 0 Å². The molecular weight excluding hydrogens is 280 g/mol. The summed E-state index contributed by atoms with van der Waals surface area (Å²) in [6, 6.07) is 8.39. The molecule has 0 saturated heterocycles. The minimum atomic E-state index is -0.0665. The molecule has 0 bridgehead atoms. The Morgan fingerprint density at radius 2 is 1.71 bits per heavy atom. The molecule has 0 aromatic heterocycles. The molecule has 1 rings (SSSR count). The van der Waals surface area contributed by atoms with Crippen LogP contribution in [0.3, 0.4) is 0 Å². The Morgan fingerprint density at radius 3 is 2.43 bits per heavy atom. The van der Waals surface area contributed by atoms with Gasteiger partial charge in [0, 0.05) is 10.6 Å². The largest absolute Gasteiger partial charge is 0.466 e. The number of thioether (sulfide) groups is 1. The minimum Gasteiger partial charge on any atom is -0.466 e. The number of hydrogen-bond donors (Lipinski definition) is 0. The molecule has 0 heterocycles. The van der Waals surface area contributed by atoms with Crippen molar-refractivity contribution in [3.05, 3.63) is 29.8 Å². The number of esters is 1. The molecule has 21 heavy (non-hydrogen) atoms. The second kappa shape index (κ2) is 11.7. The van der Waals surface area contributed by atoms with Crippen LogP contribution >= 0.6 is 11.8 Å². The summed E-state index contributed by atoms with van der Waals surface area (Å²) >= 11 is 1.71. The molecule has 0 amide bonds. The van der Waals surface area contributed by atoms with Gasteiger partial charge >= 0.3 is 5.97 Å². The molecule has 0 radical (unpaired) electrons. The number of carbonyl (C=O) groups excluding carboxylic acids is 1. The summed E-state index contributed by atoms with van der Waals surface area (Å²) in [5.41, 5.74) is 1.26. The molecule has 0 spiro atoms. The number of aryl methyl sites for hydroxylation is 1. The first-order valence-electron chi connectivity index (χ1n) is 8.07. The maximum atomic E-state index is 11.6.